The summed E-state index contributed by atoms with van der Waals surface area (Å²) in [6.07, 6.45) is 0. The van der Waals surface area contributed by atoms with E-state index in [9.17, 15) is 0 Å². The third-order valence-electron chi connectivity index (χ3n) is 3.12. The van der Waals surface area contributed by atoms with Crippen molar-refractivity contribution >= 4 is 12.8 Å². The maximum absolute atomic E-state index is 5.80. The van der Waals surface area contributed by atoms with Gasteiger partial charge in [0.15, 0.2) is 5.72 Å². The molecular formula is C8H15BN4O2. The van der Waals surface area contributed by atoms with Gasteiger partial charge in [-0.1, -0.05) is 0 Å². The van der Waals surface area contributed by atoms with E-state index in [-0.39, 0.29) is 11.2 Å². The Morgan fingerprint density at radius 3 is 2.07 bits per heavy atom. The highest BCUT2D eigenvalue weighted by molar-refractivity contribution is 6.60. The normalized spacial score (nSPS) is 23.4. The standard InChI is InChI=1S/C8H15BN4O2/c1-7(2)8(3,4)15-9(14-7)6-10-11-12-13(6)5/h1-5H3. The second kappa shape index (κ2) is 3.02. The molecule has 15 heavy (non-hydrogen) atoms. The SMILES string of the molecule is Cn1nnnc1B1OC(C)(C)C(C)(C)O1. The van der Waals surface area contributed by atoms with Crippen molar-refractivity contribution in [3.8, 4) is 0 Å². The molecule has 0 unspecified atom stereocenters. The van der Waals surface area contributed by atoms with Gasteiger partial charge in [0, 0.05) is 7.05 Å². The molecule has 0 amide bonds. The number of rotatable bonds is 1. The average Bonchev–Trinajstić information content (AvgIpc) is 2.55. The lowest BCUT2D eigenvalue weighted by atomic mass is 9.89. The Bertz CT molecular complexity index is 360. The number of aryl methyl sites for hydroxylation is 1. The number of tetrazole rings is 1. The van der Waals surface area contributed by atoms with Crippen LogP contribution in [0.5, 0.6) is 0 Å². The molecule has 1 aromatic heterocycles. The lowest BCUT2D eigenvalue weighted by Gasteiger charge is -2.32. The van der Waals surface area contributed by atoms with Crippen LogP contribution in [0.15, 0.2) is 0 Å². The highest BCUT2D eigenvalue weighted by Gasteiger charge is 2.53. The first-order chi connectivity index (χ1) is 6.83. The number of hydrogen-bond donors (Lipinski definition) is 0. The molecule has 82 valence electrons. The molecule has 7 heteroatoms. The monoisotopic (exact) mass is 210 g/mol. The summed E-state index contributed by atoms with van der Waals surface area (Å²) in [5.74, 6) is 0. The Hall–Kier alpha value is -0.945. The Labute approximate surface area is 89.1 Å². The third-order valence-corrected chi connectivity index (χ3v) is 3.12. The van der Waals surface area contributed by atoms with E-state index in [0.29, 0.717) is 5.72 Å². The molecule has 0 spiro atoms. The van der Waals surface area contributed by atoms with Gasteiger partial charge in [0.25, 0.3) is 0 Å². The van der Waals surface area contributed by atoms with Crippen LogP contribution in [0.4, 0.5) is 0 Å². The molecule has 1 fully saturated rings. The fourth-order valence-electron chi connectivity index (χ4n) is 1.38. The van der Waals surface area contributed by atoms with Crippen LogP contribution < -0.4 is 5.72 Å². The zero-order valence-electron chi connectivity index (χ0n) is 9.68. The fraction of sp³-hybridized carbons (Fsp3) is 0.875. The summed E-state index contributed by atoms with van der Waals surface area (Å²) in [5, 5.41) is 11.2. The predicted molar refractivity (Wildman–Crippen MR) is 54.5 cm³/mol. The first kappa shape index (κ1) is 10.6. The van der Waals surface area contributed by atoms with Gasteiger partial charge in [0.2, 0.25) is 0 Å². The fourth-order valence-corrected chi connectivity index (χ4v) is 1.38. The van der Waals surface area contributed by atoms with Gasteiger partial charge in [-0.15, -0.1) is 5.10 Å². The van der Waals surface area contributed by atoms with E-state index in [1.165, 1.54) is 0 Å². The number of nitrogens with zero attached hydrogens (tertiary/aromatic N) is 4. The third kappa shape index (κ3) is 1.55. The zero-order chi connectivity index (χ0) is 11.3. The zero-order valence-corrected chi connectivity index (χ0v) is 9.68. The van der Waals surface area contributed by atoms with Crippen LogP contribution in [0.2, 0.25) is 0 Å². The molecule has 0 bridgehead atoms. The molecule has 0 N–H and O–H groups in total. The van der Waals surface area contributed by atoms with Gasteiger partial charge < -0.3 is 9.31 Å². The van der Waals surface area contributed by atoms with Crippen molar-refractivity contribution in [1.82, 2.24) is 20.2 Å². The molecule has 1 saturated heterocycles. The van der Waals surface area contributed by atoms with Gasteiger partial charge in [-0.25, -0.2) is 4.68 Å². The van der Waals surface area contributed by atoms with Crippen molar-refractivity contribution in [2.75, 3.05) is 0 Å². The minimum absolute atomic E-state index is 0.358. The topological polar surface area (TPSA) is 62.1 Å². The van der Waals surface area contributed by atoms with Crippen LogP contribution in [0, 0.1) is 0 Å². The Morgan fingerprint density at radius 1 is 1.13 bits per heavy atom. The summed E-state index contributed by atoms with van der Waals surface area (Å²) >= 11 is 0. The minimum atomic E-state index is -0.491. The van der Waals surface area contributed by atoms with Crippen LogP contribution in [0.3, 0.4) is 0 Å². The molecule has 2 heterocycles. The quantitative estimate of drug-likeness (QED) is 0.585. The van der Waals surface area contributed by atoms with E-state index in [0.717, 1.165) is 0 Å². The molecule has 1 aliphatic rings. The van der Waals surface area contributed by atoms with Crippen molar-refractivity contribution < 1.29 is 9.31 Å². The second-order valence-electron chi connectivity index (χ2n) is 4.75. The maximum atomic E-state index is 5.80. The van der Waals surface area contributed by atoms with E-state index < -0.39 is 7.12 Å². The van der Waals surface area contributed by atoms with Crippen LogP contribution >= 0.6 is 0 Å². The van der Waals surface area contributed by atoms with E-state index >= 15 is 0 Å². The van der Waals surface area contributed by atoms with Gasteiger partial charge in [-0.05, 0) is 38.1 Å². The minimum Gasteiger partial charge on any atom is -0.397 e. The van der Waals surface area contributed by atoms with Gasteiger partial charge in [-0.2, -0.15) is 0 Å². The molecule has 0 aliphatic carbocycles. The molecule has 0 aromatic carbocycles. The predicted octanol–water partition coefficient (Wildman–Crippen LogP) is -0.491. The van der Waals surface area contributed by atoms with Crippen LogP contribution in [-0.2, 0) is 16.4 Å². The van der Waals surface area contributed by atoms with Gasteiger partial charge in [0.1, 0.15) is 0 Å². The number of hydrogen-bond acceptors (Lipinski definition) is 5. The summed E-state index contributed by atoms with van der Waals surface area (Å²) in [5.41, 5.74) is -0.124. The van der Waals surface area contributed by atoms with E-state index in [1.54, 1.807) is 11.7 Å². The molecule has 1 aromatic rings. The lowest BCUT2D eigenvalue weighted by Crippen LogP contribution is -2.41. The number of aromatic nitrogens is 4. The van der Waals surface area contributed by atoms with Crippen molar-refractivity contribution in [2.24, 2.45) is 7.05 Å². The Kier molecular flexibility index (Phi) is 2.13. The van der Waals surface area contributed by atoms with Crippen molar-refractivity contribution in [3.05, 3.63) is 0 Å². The molecule has 0 atom stereocenters. The van der Waals surface area contributed by atoms with Gasteiger partial charge in [0.05, 0.1) is 11.2 Å². The largest absolute Gasteiger partial charge is 0.536 e. The van der Waals surface area contributed by atoms with Gasteiger partial charge in [-0.3, -0.25) is 0 Å². The molecule has 6 nitrogen and oxygen atoms in total. The first-order valence-electron chi connectivity index (χ1n) is 4.91. The van der Waals surface area contributed by atoms with Crippen molar-refractivity contribution in [1.29, 1.82) is 0 Å². The molecule has 0 saturated carbocycles. The van der Waals surface area contributed by atoms with Crippen molar-refractivity contribution in [3.63, 3.8) is 0 Å². The first-order valence-corrected chi connectivity index (χ1v) is 4.91. The highest BCUT2D eigenvalue weighted by atomic mass is 16.7. The van der Waals surface area contributed by atoms with Crippen LogP contribution in [0.25, 0.3) is 0 Å². The van der Waals surface area contributed by atoms with E-state index in [1.807, 2.05) is 27.7 Å². The van der Waals surface area contributed by atoms with E-state index in [4.69, 9.17) is 9.31 Å². The van der Waals surface area contributed by atoms with Crippen LogP contribution in [-0.4, -0.2) is 38.5 Å². The summed E-state index contributed by atoms with van der Waals surface area (Å²) in [6, 6.07) is 0. The van der Waals surface area contributed by atoms with E-state index in [2.05, 4.69) is 15.5 Å². The summed E-state index contributed by atoms with van der Waals surface area (Å²) in [6.45, 7) is 7.99. The molecular weight excluding hydrogens is 195 g/mol. The Morgan fingerprint density at radius 2 is 1.67 bits per heavy atom. The lowest BCUT2D eigenvalue weighted by molar-refractivity contribution is 0.00578. The highest BCUT2D eigenvalue weighted by Crippen LogP contribution is 2.36. The Balaban J connectivity index is 2.27. The summed E-state index contributed by atoms with van der Waals surface area (Å²) in [4.78, 5) is 0. The molecule has 1 aliphatic heterocycles. The second-order valence-corrected chi connectivity index (χ2v) is 4.75. The van der Waals surface area contributed by atoms with Gasteiger partial charge >= 0.3 is 7.12 Å². The smallest absolute Gasteiger partial charge is 0.397 e. The average molecular weight is 210 g/mol. The molecule has 2 rings (SSSR count). The summed E-state index contributed by atoms with van der Waals surface area (Å²) < 4.78 is 13.2. The summed E-state index contributed by atoms with van der Waals surface area (Å²) in [7, 11) is 1.27. The maximum Gasteiger partial charge on any atom is 0.536 e. The molecule has 0 radical (unpaired) electrons. The van der Waals surface area contributed by atoms with Crippen molar-refractivity contribution in [2.45, 2.75) is 38.9 Å². The van der Waals surface area contributed by atoms with Crippen LogP contribution in [0.1, 0.15) is 27.7 Å².